The number of anilines is 1. The number of nitrogens with one attached hydrogen (secondary N) is 1. The molecule has 1 aromatic carbocycles. The van der Waals surface area contributed by atoms with Gasteiger partial charge in [-0.15, -0.1) is 10.2 Å². The van der Waals surface area contributed by atoms with Crippen molar-refractivity contribution in [3.05, 3.63) is 24.3 Å². The number of hydrogen-bond acceptors (Lipinski definition) is 5. The van der Waals surface area contributed by atoms with Crippen molar-refractivity contribution in [3.63, 3.8) is 0 Å². The van der Waals surface area contributed by atoms with Gasteiger partial charge in [-0.1, -0.05) is 44.2 Å². The number of rotatable bonds is 3. The molecule has 20 heavy (non-hydrogen) atoms. The van der Waals surface area contributed by atoms with E-state index in [1.165, 1.54) is 11.3 Å². The fraction of sp³-hybridized carbons (Fsp3) is 0.357. The number of carbonyl (C=O) groups is 1. The van der Waals surface area contributed by atoms with Gasteiger partial charge in [-0.3, -0.25) is 4.79 Å². The summed E-state index contributed by atoms with van der Waals surface area (Å²) in [5.74, 6) is 0.684. The van der Waals surface area contributed by atoms with Gasteiger partial charge >= 0.3 is 0 Å². The molecule has 0 fully saturated rings. The highest BCUT2D eigenvalue weighted by molar-refractivity contribution is 7.18. The highest BCUT2D eigenvalue weighted by Gasteiger charge is 2.22. The quantitative estimate of drug-likeness (QED) is 0.943. The smallest absolute Gasteiger partial charge is 0.231 e. The molecule has 0 bridgehead atoms. The predicted molar refractivity (Wildman–Crippen MR) is 80.0 cm³/mol. The standard InChI is InChI=1S/C14H17N3O2S/c1-14(2,3)12(18)15-13-17-16-11(20-13)9-6-5-7-10(8-9)19-4/h5-8H,1-4H3,(H,15,17,18). The van der Waals surface area contributed by atoms with E-state index in [1.807, 2.05) is 45.0 Å². The van der Waals surface area contributed by atoms with E-state index >= 15 is 0 Å². The Balaban J connectivity index is 2.18. The molecule has 1 N–H and O–H groups in total. The van der Waals surface area contributed by atoms with Crippen LogP contribution in [0.3, 0.4) is 0 Å². The van der Waals surface area contributed by atoms with Crippen LogP contribution in [0, 0.1) is 5.41 Å². The number of hydrogen-bond donors (Lipinski definition) is 1. The number of ether oxygens (including phenoxy) is 1. The maximum Gasteiger partial charge on any atom is 0.231 e. The second kappa shape index (κ2) is 5.58. The molecule has 0 saturated heterocycles. The first-order chi connectivity index (χ1) is 9.40. The van der Waals surface area contributed by atoms with Gasteiger partial charge < -0.3 is 10.1 Å². The van der Waals surface area contributed by atoms with Crippen LogP contribution in [0.1, 0.15) is 20.8 Å². The van der Waals surface area contributed by atoms with Crippen molar-refractivity contribution >= 4 is 22.4 Å². The molecule has 2 rings (SSSR count). The normalized spacial score (nSPS) is 11.2. The van der Waals surface area contributed by atoms with E-state index in [0.29, 0.717) is 5.13 Å². The number of methoxy groups -OCH3 is 1. The molecule has 1 amide bonds. The Morgan fingerprint density at radius 1 is 1.30 bits per heavy atom. The van der Waals surface area contributed by atoms with Gasteiger partial charge in [-0.05, 0) is 12.1 Å². The van der Waals surface area contributed by atoms with E-state index in [1.54, 1.807) is 7.11 Å². The van der Waals surface area contributed by atoms with Crippen molar-refractivity contribution in [1.29, 1.82) is 0 Å². The summed E-state index contributed by atoms with van der Waals surface area (Å²) in [6, 6.07) is 7.57. The van der Waals surface area contributed by atoms with Crippen molar-refractivity contribution in [3.8, 4) is 16.3 Å². The van der Waals surface area contributed by atoms with E-state index in [4.69, 9.17) is 4.74 Å². The van der Waals surface area contributed by atoms with Gasteiger partial charge in [0.15, 0.2) is 0 Å². The van der Waals surface area contributed by atoms with Crippen LogP contribution in [-0.2, 0) is 4.79 Å². The third kappa shape index (κ3) is 3.33. The summed E-state index contributed by atoms with van der Waals surface area (Å²) < 4.78 is 5.18. The maximum atomic E-state index is 11.9. The molecule has 0 spiro atoms. The van der Waals surface area contributed by atoms with Crippen LogP contribution in [-0.4, -0.2) is 23.2 Å². The molecule has 1 heterocycles. The first-order valence-electron chi connectivity index (χ1n) is 6.19. The van der Waals surface area contributed by atoms with Crippen molar-refractivity contribution in [2.45, 2.75) is 20.8 Å². The third-order valence-electron chi connectivity index (χ3n) is 2.64. The average Bonchev–Trinajstić information content (AvgIpc) is 2.86. The molecule has 2 aromatic rings. The van der Waals surface area contributed by atoms with E-state index in [9.17, 15) is 4.79 Å². The third-order valence-corrected chi connectivity index (χ3v) is 3.53. The van der Waals surface area contributed by atoms with Crippen LogP contribution in [0.4, 0.5) is 5.13 Å². The van der Waals surface area contributed by atoms with Crippen molar-refractivity contribution in [2.75, 3.05) is 12.4 Å². The van der Waals surface area contributed by atoms with Gasteiger partial charge in [-0.2, -0.15) is 0 Å². The Labute approximate surface area is 122 Å². The molecule has 0 aliphatic heterocycles. The molecule has 106 valence electrons. The van der Waals surface area contributed by atoms with Crippen molar-refractivity contribution in [2.24, 2.45) is 5.41 Å². The minimum Gasteiger partial charge on any atom is -0.497 e. The van der Waals surface area contributed by atoms with E-state index < -0.39 is 5.41 Å². The number of aromatic nitrogens is 2. The number of nitrogens with zero attached hydrogens (tertiary/aromatic N) is 2. The molecule has 0 unspecified atom stereocenters. The first-order valence-corrected chi connectivity index (χ1v) is 7.01. The molecule has 5 nitrogen and oxygen atoms in total. The summed E-state index contributed by atoms with van der Waals surface area (Å²) in [5, 5.41) is 12.1. The van der Waals surface area contributed by atoms with Crippen LogP contribution in [0.5, 0.6) is 5.75 Å². The Kier molecular flexibility index (Phi) is 4.04. The zero-order valence-corrected chi connectivity index (χ0v) is 12.7. The van der Waals surface area contributed by atoms with Crippen LogP contribution in [0.2, 0.25) is 0 Å². The fourth-order valence-electron chi connectivity index (χ4n) is 1.43. The molecule has 0 aliphatic rings. The van der Waals surface area contributed by atoms with Crippen molar-refractivity contribution in [1.82, 2.24) is 10.2 Å². The molecule has 0 aliphatic carbocycles. The van der Waals surface area contributed by atoms with Crippen molar-refractivity contribution < 1.29 is 9.53 Å². The molecule has 6 heteroatoms. The zero-order chi connectivity index (χ0) is 14.8. The molecule has 0 radical (unpaired) electrons. The summed E-state index contributed by atoms with van der Waals surface area (Å²) in [6.45, 7) is 5.56. The van der Waals surface area contributed by atoms with Gasteiger partial charge in [0.25, 0.3) is 0 Å². The second-order valence-electron chi connectivity index (χ2n) is 5.35. The summed E-state index contributed by atoms with van der Waals surface area (Å²) in [7, 11) is 1.62. The van der Waals surface area contributed by atoms with Gasteiger partial charge in [0.2, 0.25) is 11.0 Å². The van der Waals surface area contributed by atoms with Gasteiger partial charge in [0, 0.05) is 11.0 Å². The predicted octanol–water partition coefficient (Wildman–Crippen LogP) is 3.20. The Morgan fingerprint density at radius 3 is 2.70 bits per heavy atom. The maximum absolute atomic E-state index is 11.9. The van der Waals surface area contributed by atoms with E-state index in [-0.39, 0.29) is 5.91 Å². The SMILES string of the molecule is COc1cccc(-c2nnc(NC(=O)C(C)(C)C)s2)c1. The number of benzene rings is 1. The highest BCUT2D eigenvalue weighted by atomic mass is 32.1. The topological polar surface area (TPSA) is 64.1 Å². The minimum absolute atomic E-state index is 0.0779. The largest absolute Gasteiger partial charge is 0.497 e. The summed E-state index contributed by atoms with van der Waals surface area (Å²) in [5.41, 5.74) is 0.458. The lowest BCUT2D eigenvalue weighted by Crippen LogP contribution is -2.27. The lowest BCUT2D eigenvalue weighted by atomic mass is 9.96. The minimum atomic E-state index is -0.457. The lowest BCUT2D eigenvalue weighted by Gasteiger charge is -2.15. The first kappa shape index (κ1) is 14.5. The molecule has 1 aromatic heterocycles. The summed E-state index contributed by atoms with van der Waals surface area (Å²) in [4.78, 5) is 11.9. The lowest BCUT2D eigenvalue weighted by molar-refractivity contribution is -0.123. The monoisotopic (exact) mass is 291 g/mol. The summed E-state index contributed by atoms with van der Waals surface area (Å²) >= 11 is 1.34. The molecule has 0 saturated carbocycles. The van der Waals surface area contributed by atoms with E-state index in [2.05, 4.69) is 15.5 Å². The van der Waals surface area contributed by atoms with Gasteiger partial charge in [-0.25, -0.2) is 0 Å². The van der Waals surface area contributed by atoms with Crippen LogP contribution < -0.4 is 10.1 Å². The van der Waals surface area contributed by atoms with Gasteiger partial charge in [0.1, 0.15) is 10.8 Å². The van der Waals surface area contributed by atoms with Crippen LogP contribution in [0.15, 0.2) is 24.3 Å². The Hall–Kier alpha value is -1.95. The molecule has 0 atom stereocenters. The molecular formula is C14H17N3O2S. The second-order valence-corrected chi connectivity index (χ2v) is 6.33. The number of carbonyl (C=O) groups excluding carboxylic acids is 1. The van der Waals surface area contributed by atoms with Gasteiger partial charge in [0.05, 0.1) is 7.11 Å². The van der Waals surface area contributed by atoms with Crippen LogP contribution in [0.25, 0.3) is 10.6 Å². The Morgan fingerprint density at radius 2 is 2.05 bits per heavy atom. The van der Waals surface area contributed by atoms with Crippen LogP contribution >= 0.6 is 11.3 Å². The average molecular weight is 291 g/mol. The van der Waals surface area contributed by atoms with E-state index in [0.717, 1.165) is 16.3 Å². The summed E-state index contributed by atoms with van der Waals surface area (Å²) in [6.07, 6.45) is 0. The fourth-order valence-corrected chi connectivity index (χ4v) is 2.17. The Bertz CT molecular complexity index is 617. The number of amides is 1. The molecular weight excluding hydrogens is 274 g/mol. The zero-order valence-electron chi connectivity index (χ0n) is 11.9. The highest BCUT2D eigenvalue weighted by Crippen LogP contribution is 2.29.